The topological polar surface area (TPSA) is 72.8 Å². The van der Waals surface area contributed by atoms with E-state index in [0.717, 1.165) is 50.3 Å². The van der Waals surface area contributed by atoms with Gasteiger partial charge in [-0.05, 0) is 98.4 Å². The molecule has 2 aliphatic carbocycles. The Bertz CT molecular complexity index is 1030. The van der Waals surface area contributed by atoms with Gasteiger partial charge >= 0.3 is 0 Å². The lowest BCUT2D eigenvalue weighted by Gasteiger charge is -2.53. The van der Waals surface area contributed by atoms with Gasteiger partial charge in [-0.15, -0.1) is 0 Å². The predicted octanol–water partition coefficient (Wildman–Crippen LogP) is 4.45. The van der Waals surface area contributed by atoms with Crippen LogP contribution in [0.1, 0.15) is 49.7 Å². The maximum atomic E-state index is 12.7. The van der Waals surface area contributed by atoms with E-state index in [0.29, 0.717) is 11.7 Å². The Morgan fingerprint density at radius 3 is 2.61 bits per heavy atom. The lowest BCUT2D eigenvalue weighted by molar-refractivity contribution is -0.117. The first-order chi connectivity index (χ1) is 16.0. The van der Waals surface area contributed by atoms with Crippen molar-refractivity contribution in [1.82, 2.24) is 10.2 Å². The number of benzene rings is 2. The van der Waals surface area contributed by atoms with E-state index in [-0.39, 0.29) is 23.1 Å². The Hall–Kier alpha value is -2.79. The molecular weight excluding hydrogens is 412 g/mol. The Balaban J connectivity index is 1.30. The molecule has 33 heavy (non-hydrogen) atoms. The predicted molar refractivity (Wildman–Crippen MR) is 130 cm³/mol. The van der Waals surface area contributed by atoms with Crippen molar-refractivity contribution in [3.63, 3.8) is 0 Å². The molecule has 3 fully saturated rings. The van der Waals surface area contributed by atoms with Gasteiger partial charge in [-0.3, -0.25) is 4.79 Å². The Morgan fingerprint density at radius 2 is 1.85 bits per heavy atom. The molecule has 3 N–H and O–H groups in total. The number of phenols is 2. The van der Waals surface area contributed by atoms with E-state index >= 15 is 0 Å². The normalized spacial score (nSPS) is 27.9. The van der Waals surface area contributed by atoms with Crippen LogP contribution in [0.15, 0.2) is 54.6 Å². The number of nitrogens with one attached hydrogen (secondary N) is 1. The molecule has 1 saturated heterocycles. The summed E-state index contributed by atoms with van der Waals surface area (Å²) in [7, 11) is 0. The molecule has 0 radical (unpaired) electrons. The van der Waals surface area contributed by atoms with E-state index in [9.17, 15) is 15.0 Å². The van der Waals surface area contributed by atoms with Gasteiger partial charge in [0.2, 0.25) is 5.91 Å². The van der Waals surface area contributed by atoms with Crippen LogP contribution in [0.5, 0.6) is 11.5 Å². The highest BCUT2D eigenvalue weighted by molar-refractivity contribution is 5.92. The first-order valence-corrected chi connectivity index (χ1v) is 12.3. The number of piperidine rings is 1. The molecule has 0 spiro atoms. The van der Waals surface area contributed by atoms with Gasteiger partial charge < -0.3 is 20.4 Å². The van der Waals surface area contributed by atoms with Gasteiger partial charge in [0.05, 0.1) is 0 Å². The van der Waals surface area contributed by atoms with Gasteiger partial charge in [-0.2, -0.15) is 0 Å². The van der Waals surface area contributed by atoms with Crippen LogP contribution >= 0.6 is 0 Å². The lowest BCUT2D eigenvalue weighted by atomic mass is 9.58. The molecule has 1 amide bonds. The number of nitrogens with zero attached hydrogens (tertiary/aromatic N) is 1. The number of hydrogen-bond acceptors (Lipinski definition) is 4. The van der Waals surface area contributed by atoms with Crippen LogP contribution in [0, 0.1) is 11.8 Å². The molecule has 1 heterocycles. The van der Waals surface area contributed by atoms with Crippen LogP contribution in [0.25, 0.3) is 6.08 Å². The van der Waals surface area contributed by atoms with Crippen molar-refractivity contribution in [1.29, 1.82) is 0 Å². The lowest BCUT2D eigenvalue weighted by Crippen LogP contribution is -2.56. The summed E-state index contributed by atoms with van der Waals surface area (Å²) in [4.78, 5) is 15.3. The zero-order valence-electron chi connectivity index (χ0n) is 19.1. The number of phenolic OH excluding ortho intramolecular Hbond substituents is 2. The van der Waals surface area contributed by atoms with Crippen LogP contribution in [0.4, 0.5) is 0 Å². The third kappa shape index (κ3) is 5.09. The number of rotatable bonds is 6. The zero-order valence-corrected chi connectivity index (χ0v) is 19.1. The average Bonchev–Trinajstić information content (AvgIpc) is 3.62. The van der Waals surface area contributed by atoms with Crippen LogP contribution in [0.2, 0.25) is 0 Å². The molecule has 3 aliphatic rings. The quantitative estimate of drug-likeness (QED) is 0.573. The standard InChI is InChI=1S/C28H34N2O3/c31-25-5-1-3-20(15-25)9-12-27(33)29-24-11-10-23-19-30(18-21-7-8-21)14-13-28(23,17-24)22-4-2-6-26(32)16-22/h1-6,9,12,15-16,21,23-24,31-32H,7-8,10-11,13-14,17-19H2,(H,29,33)/t23-,24+,28+/m1/s1. The molecular formula is C28H34N2O3. The highest BCUT2D eigenvalue weighted by Crippen LogP contribution is 2.50. The second kappa shape index (κ2) is 9.22. The van der Waals surface area contributed by atoms with Gasteiger partial charge in [0.1, 0.15) is 11.5 Å². The first kappa shape index (κ1) is 22.0. The van der Waals surface area contributed by atoms with E-state index < -0.39 is 0 Å². The molecule has 5 heteroatoms. The Morgan fingerprint density at radius 1 is 1.06 bits per heavy atom. The molecule has 2 saturated carbocycles. The minimum Gasteiger partial charge on any atom is -0.508 e. The van der Waals surface area contributed by atoms with Crippen LogP contribution in [-0.2, 0) is 10.2 Å². The fourth-order valence-corrected chi connectivity index (χ4v) is 6.04. The summed E-state index contributed by atoms with van der Waals surface area (Å²) in [5, 5.41) is 23.1. The van der Waals surface area contributed by atoms with E-state index in [1.54, 1.807) is 36.4 Å². The van der Waals surface area contributed by atoms with E-state index in [1.807, 2.05) is 18.2 Å². The number of fused-ring (bicyclic) bond motifs is 1. The molecule has 0 unspecified atom stereocenters. The van der Waals surface area contributed by atoms with Crippen molar-refractivity contribution >= 4 is 12.0 Å². The third-order valence-electron chi connectivity index (χ3n) is 7.89. The number of likely N-dealkylation sites (tertiary alicyclic amines) is 1. The van der Waals surface area contributed by atoms with E-state index in [2.05, 4.69) is 16.3 Å². The summed E-state index contributed by atoms with van der Waals surface area (Å²) in [6.45, 7) is 3.43. The van der Waals surface area contributed by atoms with Crippen molar-refractivity contribution < 1.29 is 15.0 Å². The fourth-order valence-electron chi connectivity index (χ4n) is 6.04. The molecule has 0 aromatic heterocycles. The van der Waals surface area contributed by atoms with Crippen molar-refractivity contribution in [3.05, 3.63) is 65.7 Å². The number of amides is 1. The molecule has 0 bridgehead atoms. The van der Waals surface area contributed by atoms with Crippen molar-refractivity contribution in [2.24, 2.45) is 11.8 Å². The largest absolute Gasteiger partial charge is 0.508 e. The molecule has 2 aromatic rings. The molecule has 5 rings (SSSR count). The summed E-state index contributed by atoms with van der Waals surface area (Å²) >= 11 is 0. The van der Waals surface area contributed by atoms with E-state index in [1.165, 1.54) is 24.9 Å². The van der Waals surface area contributed by atoms with Gasteiger partial charge in [0.15, 0.2) is 0 Å². The smallest absolute Gasteiger partial charge is 0.244 e. The SMILES string of the molecule is O=C(C=Cc1cccc(O)c1)N[C@H]1CC[C@@H]2CN(CC3CC3)CC[C@@]2(c2cccc(O)c2)C1. The summed E-state index contributed by atoms with van der Waals surface area (Å²) in [5.41, 5.74) is 2.00. The number of carbonyl (C=O) groups excluding carboxylic acids is 1. The molecule has 3 atom stereocenters. The van der Waals surface area contributed by atoms with Gasteiger partial charge in [-0.1, -0.05) is 24.3 Å². The monoisotopic (exact) mass is 446 g/mol. The van der Waals surface area contributed by atoms with E-state index in [4.69, 9.17) is 0 Å². The maximum absolute atomic E-state index is 12.7. The fraction of sp³-hybridized carbons (Fsp3) is 0.464. The van der Waals surface area contributed by atoms with Gasteiger partial charge in [0.25, 0.3) is 0 Å². The highest BCUT2D eigenvalue weighted by Gasteiger charge is 2.48. The minimum atomic E-state index is -0.0981. The molecule has 1 aliphatic heterocycles. The summed E-state index contributed by atoms with van der Waals surface area (Å²) in [6, 6.07) is 14.8. The maximum Gasteiger partial charge on any atom is 0.244 e. The second-order valence-electron chi connectivity index (χ2n) is 10.3. The molecule has 5 nitrogen and oxygen atoms in total. The summed E-state index contributed by atoms with van der Waals surface area (Å²) < 4.78 is 0. The number of hydrogen-bond donors (Lipinski definition) is 3. The average molecular weight is 447 g/mol. The molecule has 174 valence electrons. The van der Waals surface area contributed by atoms with Crippen molar-refractivity contribution in [3.8, 4) is 11.5 Å². The summed E-state index contributed by atoms with van der Waals surface area (Å²) in [5.74, 6) is 1.85. The van der Waals surface area contributed by atoms with Crippen molar-refractivity contribution in [2.75, 3.05) is 19.6 Å². The van der Waals surface area contributed by atoms with Gasteiger partial charge in [0, 0.05) is 30.6 Å². The summed E-state index contributed by atoms with van der Waals surface area (Å²) in [6.07, 6.45) is 10.1. The first-order valence-electron chi connectivity index (χ1n) is 12.3. The second-order valence-corrected chi connectivity index (χ2v) is 10.3. The molecule has 2 aromatic carbocycles. The highest BCUT2D eigenvalue weighted by atomic mass is 16.3. The van der Waals surface area contributed by atoms with Crippen molar-refractivity contribution in [2.45, 2.75) is 50.0 Å². The van der Waals surface area contributed by atoms with Crippen LogP contribution < -0.4 is 5.32 Å². The van der Waals surface area contributed by atoms with Gasteiger partial charge in [-0.25, -0.2) is 0 Å². The Labute approximate surface area is 196 Å². The Kier molecular flexibility index (Phi) is 6.15. The number of carbonyl (C=O) groups is 1. The van der Waals surface area contributed by atoms with Crippen LogP contribution in [-0.4, -0.2) is 46.7 Å². The van der Waals surface area contributed by atoms with Crippen LogP contribution in [0.3, 0.4) is 0 Å². The third-order valence-corrected chi connectivity index (χ3v) is 7.89. The number of aromatic hydroxyl groups is 2. The minimum absolute atomic E-state index is 0.01000. The zero-order chi connectivity index (χ0) is 22.8.